The average molecular weight is 354 g/mol. The van der Waals surface area contributed by atoms with Crippen LogP contribution in [0.1, 0.15) is 32.6 Å². The van der Waals surface area contributed by atoms with E-state index in [4.69, 9.17) is 4.52 Å². The van der Waals surface area contributed by atoms with Crippen molar-refractivity contribution < 1.29 is 14.4 Å². The molecule has 2 rings (SSSR count). The summed E-state index contributed by atoms with van der Waals surface area (Å²) >= 11 is 3.31. The van der Waals surface area contributed by atoms with Crippen LogP contribution in [0.15, 0.2) is 27.3 Å². The maximum Gasteiger partial charge on any atom is 0.310 e. The molecule has 112 valence electrons. The Morgan fingerprint density at radius 3 is 2.62 bits per heavy atom. The molecule has 0 aliphatic rings. The van der Waals surface area contributed by atoms with Gasteiger partial charge in [0.2, 0.25) is 11.7 Å². The number of carboxylic acid groups (broad SMARTS) is 1. The van der Waals surface area contributed by atoms with E-state index in [1.165, 1.54) is 0 Å². The monoisotopic (exact) mass is 353 g/mol. The Morgan fingerprint density at radius 1 is 1.38 bits per heavy atom. The smallest absolute Gasteiger partial charge is 0.310 e. The van der Waals surface area contributed by atoms with Crippen LogP contribution < -0.4 is 0 Å². The van der Waals surface area contributed by atoms with Gasteiger partial charge in [0.25, 0.3) is 0 Å². The van der Waals surface area contributed by atoms with Gasteiger partial charge in [-0.25, -0.2) is 0 Å². The Bertz CT molecular complexity index is 621. The van der Waals surface area contributed by atoms with Crippen molar-refractivity contribution in [2.45, 2.75) is 33.1 Å². The molecular weight excluding hydrogens is 338 g/mol. The fourth-order valence-corrected chi connectivity index (χ4v) is 2.34. The molecule has 0 fully saturated rings. The molecule has 7 heteroatoms. The molecule has 0 bridgehead atoms. The third-order valence-corrected chi connectivity index (χ3v) is 4.19. The second-order valence-electron chi connectivity index (χ2n) is 4.84. The standard InChI is InChI=1S/C14H16BrN3O3/c1-3-14(4-2,13(19)20)7-11-17-12(18-21-11)10-6-5-9(15)8-16-10/h5-6,8H,3-4,7H2,1-2H3,(H,19,20). The molecule has 0 unspecified atom stereocenters. The van der Waals surface area contributed by atoms with Crippen LogP contribution in [-0.4, -0.2) is 26.2 Å². The van der Waals surface area contributed by atoms with Gasteiger partial charge in [0, 0.05) is 17.1 Å². The highest BCUT2D eigenvalue weighted by Gasteiger charge is 2.37. The highest BCUT2D eigenvalue weighted by atomic mass is 79.9. The molecule has 0 amide bonds. The summed E-state index contributed by atoms with van der Waals surface area (Å²) in [7, 11) is 0. The Hall–Kier alpha value is -1.76. The molecule has 1 N–H and O–H groups in total. The third-order valence-electron chi connectivity index (χ3n) is 3.72. The lowest BCUT2D eigenvalue weighted by atomic mass is 9.79. The molecule has 6 nitrogen and oxygen atoms in total. The summed E-state index contributed by atoms with van der Waals surface area (Å²) in [5, 5.41) is 13.3. The van der Waals surface area contributed by atoms with E-state index in [9.17, 15) is 9.90 Å². The molecule has 0 spiro atoms. The summed E-state index contributed by atoms with van der Waals surface area (Å²) in [5.41, 5.74) is -0.279. The van der Waals surface area contributed by atoms with Crippen molar-refractivity contribution in [1.82, 2.24) is 15.1 Å². The summed E-state index contributed by atoms with van der Waals surface area (Å²) in [6.45, 7) is 3.70. The number of halogens is 1. The molecule has 21 heavy (non-hydrogen) atoms. The van der Waals surface area contributed by atoms with E-state index in [2.05, 4.69) is 31.1 Å². The van der Waals surface area contributed by atoms with Crippen LogP contribution in [0.3, 0.4) is 0 Å². The molecule has 0 radical (unpaired) electrons. The molecule has 0 aliphatic heterocycles. The Labute approximate surface area is 130 Å². The van der Waals surface area contributed by atoms with Crippen molar-refractivity contribution in [1.29, 1.82) is 0 Å². The van der Waals surface area contributed by atoms with Crippen LogP contribution in [0.4, 0.5) is 0 Å². The van der Waals surface area contributed by atoms with Gasteiger partial charge in [-0.1, -0.05) is 19.0 Å². The molecule has 2 heterocycles. The van der Waals surface area contributed by atoms with Crippen LogP contribution in [0.25, 0.3) is 11.5 Å². The Morgan fingerprint density at radius 2 is 2.10 bits per heavy atom. The van der Waals surface area contributed by atoms with Gasteiger partial charge in [0.15, 0.2) is 0 Å². The summed E-state index contributed by atoms with van der Waals surface area (Å²) in [4.78, 5) is 19.9. The first-order valence-corrected chi connectivity index (χ1v) is 7.48. The number of carboxylic acids is 1. The summed E-state index contributed by atoms with van der Waals surface area (Å²) in [6.07, 6.45) is 2.88. The molecule has 0 atom stereocenters. The summed E-state index contributed by atoms with van der Waals surface area (Å²) < 4.78 is 6.04. The fraction of sp³-hybridized carbons (Fsp3) is 0.429. The lowest BCUT2D eigenvalue weighted by molar-refractivity contribution is -0.149. The van der Waals surface area contributed by atoms with Gasteiger partial charge in [-0.2, -0.15) is 4.98 Å². The number of rotatable bonds is 6. The predicted octanol–water partition coefficient (Wildman–Crippen LogP) is 3.33. The largest absolute Gasteiger partial charge is 0.481 e. The highest BCUT2D eigenvalue weighted by molar-refractivity contribution is 9.10. The number of aromatic nitrogens is 3. The van der Waals surface area contributed by atoms with Gasteiger partial charge >= 0.3 is 5.97 Å². The maximum absolute atomic E-state index is 11.5. The van der Waals surface area contributed by atoms with Crippen molar-refractivity contribution in [2.75, 3.05) is 0 Å². The van der Waals surface area contributed by atoms with E-state index < -0.39 is 11.4 Å². The SMILES string of the molecule is CCC(CC)(Cc1nc(-c2ccc(Br)cn2)no1)C(=O)O. The average Bonchev–Trinajstić information content (AvgIpc) is 2.93. The first kappa shape index (κ1) is 15.6. The van der Waals surface area contributed by atoms with Crippen LogP contribution in [0, 0.1) is 5.41 Å². The zero-order chi connectivity index (χ0) is 15.5. The van der Waals surface area contributed by atoms with Gasteiger partial charge < -0.3 is 9.63 Å². The molecule has 0 aliphatic carbocycles. The van der Waals surface area contributed by atoms with E-state index in [0.29, 0.717) is 30.3 Å². The van der Waals surface area contributed by atoms with E-state index in [1.54, 1.807) is 12.3 Å². The second kappa shape index (κ2) is 6.34. The number of carbonyl (C=O) groups is 1. The van der Waals surface area contributed by atoms with Crippen molar-refractivity contribution in [3.63, 3.8) is 0 Å². The lowest BCUT2D eigenvalue weighted by Gasteiger charge is -2.24. The minimum atomic E-state index is -0.864. The lowest BCUT2D eigenvalue weighted by Crippen LogP contribution is -2.32. The van der Waals surface area contributed by atoms with E-state index in [1.807, 2.05) is 19.9 Å². The Kier molecular flexibility index (Phi) is 4.72. The van der Waals surface area contributed by atoms with Gasteiger partial charge in [-0.05, 0) is 40.9 Å². The van der Waals surface area contributed by atoms with Crippen LogP contribution in [0.2, 0.25) is 0 Å². The predicted molar refractivity (Wildman–Crippen MR) is 79.6 cm³/mol. The van der Waals surface area contributed by atoms with E-state index >= 15 is 0 Å². The molecular formula is C14H16BrN3O3. The number of pyridine rings is 1. The van der Waals surface area contributed by atoms with Crippen LogP contribution >= 0.6 is 15.9 Å². The number of aliphatic carboxylic acids is 1. The molecule has 0 aromatic carbocycles. The number of nitrogens with zero attached hydrogens (tertiary/aromatic N) is 3. The van der Waals surface area contributed by atoms with E-state index in [0.717, 1.165) is 4.47 Å². The normalized spacial score (nSPS) is 11.6. The number of hydrogen-bond donors (Lipinski definition) is 1. The maximum atomic E-state index is 11.5. The zero-order valence-electron chi connectivity index (χ0n) is 11.8. The Balaban J connectivity index is 2.23. The molecule has 2 aromatic rings. The topological polar surface area (TPSA) is 89.1 Å². The fourth-order valence-electron chi connectivity index (χ4n) is 2.11. The van der Waals surface area contributed by atoms with Gasteiger partial charge in [0.05, 0.1) is 5.41 Å². The van der Waals surface area contributed by atoms with Crippen molar-refractivity contribution in [3.05, 3.63) is 28.7 Å². The summed E-state index contributed by atoms with van der Waals surface area (Å²) in [6, 6.07) is 3.60. The molecule has 0 saturated carbocycles. The highest BCUT2D eigenvalue weighted by Crippen LogP contribution is 2.31. The zero-order valence-corrected chi connectivity index (χ0v) is 13.4. The van der Waals surface area contributed by atoms with Crippen molar-refractivity contribution >= 4 is 21.9 Å². The molecule has 0 saturated heterocycles. The van der Waals surface area contributed by atoms with Gasteiger partial charge in [0.1, 0.15) is 5.69 Å². The van der Waals surface area contributed by atoms with Crippen LogP contribution in [-0.2, 0) is 11.2 Å². The minimum Gasteiger partial charge on any atom is -0.481 e. The minimum absolute atomic E-state index is 0.221. The van der Waals surface area contributed by atoms with Crippen molar-refractivity contribution in [3.8, 4) is 11.5 Å². The van der Waals surface area contributed by atoms with Gasteiger partial charge in [-0.3, -0.25) is 9.78 Å². The number of hydrogen-bond acceptors (Lipinski definition) is 5. The summed E-state index contributed by atoms with van der Waals surface area (Å²) in [5.74, 6) is -0.154. The second-order valence-corrected chi connectivity index (χ2v) is 5.76. The van der Waals surface area contributed by atoms with E-state index in [-0.39, 0.29) is 6.42 Å². The third kappa shape index (κ3) is 3.29. The first-order valence-electron chi connectivity index (χ1n) is 6.68. The molecule has 2 aromatic heterocycles. The quantitative estimate of drug-likeness (QED) is 0.856. The first-order chi connectivity index (χ1) is 10.0. The van der Waals surface area contributed by atoms with Crippen LogP contribution in [0.5, 0.6) is 0 Å². The van der Waals surface area contributed by atoms with Gasteiger partial charge in [-0.15, -0.1) is 0 Å². The van der Waals surface area contributed by atoms with Crippen molar-refractivity contribution in [2.24, 2.45) is 5.41 Å².